The van der Waals surface area contributed by atoms with Gasteiger partial charge in [0.15, 0.2) is 5.13 Å². The van der Waals surface area contributed by atoms with Crippen LogP contribution in [0.25, 0.3) is 10.2 Å². The molecule has 1 aromatic heterocycles. The molecule has 1 aliphatic heterocycles. The third-order valence-electron chi connectivity index (χ3n) is 4.19. The summed E-state index contributed by atoms with van der Waals surface area (Å²) >= 11 is 1.70. The number of likely N-dealkylation sites (tertiary alicyclic amines) is 1. The maximum atomic E-state index is 5.26. The van der Waals surface area contributed by atoms with Crippen molar-refractivity contribution >= 4 is 26.7 Å². The van der Waals surface area contributed by atoms with Gasteiger partial charge in [0.2, 0.25) is 0 Å². The van der Waals surface area contributed by atoms with Crippen LogP contribution in [-0.4, -0.2) is 42.7 Å². The lowest BCUT2D eigenvalue weighted by atomic mass is 10.1. The van der Waals surface area contributed by atoms with Crippen LogP contribution in [0.3, 0.4) is 0 Å². The number of nitrogens with zero attached hydrogens (tertiary/aromatic N) is 2. The molecule has 1 unspecified atom stereocenters. The topological polar surface area (TPSA) is 37.4 Å². The van der Waals surface area contributed by atoms with Crippen LogP contribution in [0.2, 0.25) is 0 Å². The van der Waals surface area contributed by atoms with E-state index in [9.17, 15) is 0 Å². The summed E-state index contributed by atoms with van der Waals surface area (Å²) in [4.78, 5) is 7.19. The predicted molar refractivity (Wildman–Crippen MR) is 89.5 cm³/mol. The molecule has 0 saturated carbocycles. The monoisotopic (exact) mass is 305 g/mol. The van der Waals surface area contributed by atoms with Gasteiger partial charge in [0.05, 0.1) is 17.3 Å². The Balaban J connectivity index is 1.61. The fourth-order valence-electron chi connectivity index (χ4n) is 2.84. The Morgan fingerprint density at radius 1 is 1.48 bits per heavy atom. The van der Waals surface area contributed by atoms with Crippen LogP contribution in [0, 0.1) is 5.92 Å². The Morgan fingerprint density at radius 3 is 3.05 bits per heavy atom. The van der Waals surface area contributed by atoms with Crippen molar-refractivity contribution < 1.29 is 4.74 Å². The van der Waals surface area contributed by atoms with Gasteiger partial charge in [0.25, 0.3) is 0 Å². The van der Waals surface area contributed by atoms with Crippen molar-refractivity contribution in [3.63, 3.8) is 0 Å². The number of ether oxygens (including phenoxy) is 1. The van der Waals surface area contributed by atoms with E-state index in [1.807, 2.05) is 18.2 Å². The van der Waals surface area contributed by atoms with Gasteiger partial charge in [-0.3, -0.25) is 0 Å². The number of hydrogen-bond donors (Lipinski definition) is 1. The summed E-state index contributed by atoms with van der Waals surface area (Å²) in [5, 5.41) is 4.53. The minimum atomic E-state index is 0.657. The number of thiazole rings is 1. The fraction of sp³-hybridized carbons (Fsp3) is 0.562. The van der Waals surface area contributed by atoms with Crippen LogP contribution in [0.4, 0.5) is 5.13 Å². The molecule has 1 aliphatic rings. The van der Waals surface area contributed by atoms with Crippen LogP contribution < -0.4 is 10.1 Å². The minimum absolute atomic E-state index is 0.657. The van der Waals surface area contributed by atoms with Crippen molar-refractivity contribution in [2.24, 2.45) is 5.92 Å². The zero-order valence-electron chi connectivity index (χ0n) is 12.9. The highest BCUT2D eigenvalue weighted by Crippen LogP contribution is 2.29. The smallest absolute Gasteiger partial charge is 0.183 e. The Kier molecular flexibility index (Phi) is 4.31. The summed E-state index contributed by atoms with van der Waals surface area (Å²) in [6.45, 7) is 7.98. The molecule has 4 nitrogen and oxygen atoms in total. The van der Waals surface area contributed by atoms with E-state index in [-0.39, 0.29) is 0 Å². The van der Waals surface area contributed by atoms with E-state index in [1.54, 1.807) is 18.4 Å². The van der Waals surface area contributed by atoms with Gasteiger partial charge in [-0.15, -0.1) is 0 Å². The molecule has 1 aromatic carbocycles. The van der Waals surface area contributed by atoms with Gasteiger partial charge in [-0.2, -0.15) is 0 Å². The van der Waals surface area contributed by atoms with E-state index in [2.05, 4.69) is 29.0 Å². The van der Waals surface area contributed by atoms with Gasteiger partial charge >= 0.3 is 0 Å². The molecule has 0 amide bonds. The molecule has 0 radical (unpaired) electrons. The summed E-state index contributed by atoms with van der Waals surface area (Å²) in [5.74, 6) is 1.62. The second-order valence-corrected chi connectivity index (χ2v) is 7.01. The number of aromatic nitrogens is 1. The first-order valence-electron chi connectivity index (χ1n) is 7.58. The Bertz CT molecular complexity index is 611. The molecule has 0 bridgehead atoms. The van der Waals surface area contributed by atoms with Crippen molar-refractivity contribution in [3.8, 4) is 5.75 Å². The predicted octanol–water partition coefficient (Wildman–Crippen LogP) is 3.45. The lowest BCUT2D eigenvalue weighted by Crippen LogP contribution is -2.29. The van der Waals surface area contributed by atoms with Gasteiger partial charge in [-0.1, -0.05) is 11.3 Å². The summed E-state index contributed by atoms with van der Waals surface area (Å²) in [7, 11) is 1.70. The van der Waals surface area contributed by atoms with Crippen molar-refractivity contribution in [2.75, 3.05) is 32.1 Å². The van der Waals surface area contributed by atoms with Gasteiger partial charge in [0.1, 0.15) is 5.75 Å². The van der Waals surface area contributed by atoms with Crippen molar-refractivity contribution in [3.05, 3.63) is 18.2 Å². The van der Waals surface area contributed by atoms with Gasteiger partial charge in [-0.25, -0.2) is 4.98 Å². The van der Waals surface area contributed by atoms with E-state index in [0.717, 1.165) is 28.9 Å². The molecule has 1 atom stereocenters. The second kappa shape index (κ2) is 6.20. The first kappa shape index (κ1) is 14.6. The van der Waals surface area contributed by atoms with Crippen LogP contribution >= 0.6 is 11.3 Å². The highest BCUT2D eigenvalue weighted by molar-refractivity contribution is 7.22. The number of anilines is 1. The summed E-state index contributed by atoms with van der Waals surface area (Å²) < 4.78 is 6.43. The molecular weight excluding hydrogens is 282 g/mol. The molecule has 1 saturated heterocycles. The molecule has 114 valence electrons. The minimum Gasteiger partial charge on any atom is -0.497 e. The van der Waals surface area contributed by atoms with Gasteiger partial charge in [0, 0.05) is 19.1 Å². The number of benzene rings is 1. The molecular formula is C16H23N3OS. The lowest BCUT2D eigenvalue weighted by molar-refractivity contribution is 0.266. The highest BCUT2D eigenvalue weighted by atomic mass is 32.1. The molecule has 1 N–H and O–H groups in total. The maximum absolute atomic E-state index is 5.26. The average Bonchev–Trinajstić information content (AvgIpc) is 3.10. The molecule has 0 aliphatic carbocycles. The molecule has 0 spiro atoms. The van der Waals surface area contributed by atoms with E-state index in [4.69, 9.17) is 4.74 Å². The third-order valence-corrected chi connectivity index (χ3v) is 5.16. The first-order chi connectivity index (χ1) is 10.2. The Morgan fingerprint density at radius 2 is 2.33 bits per heavy atom. The number of rotatable bonds is 5. The average molecular weight is 305 g/mol. The normalized spacial score (nSPS) is 19.5. The molecule has 1 fully saturated rings. The van der Waals surface area contributed by atoms with Crippen molar-refractivity contribution in [2.45, 2.75) is 26.3 Å². The largest absolute Gasteiger partial charge is 0.497 e. The Labute approximate surface area is 130 Å². The van der Waals surface area contributed by atoms with Crippen molar-refractivity contribution in [1.29, 1.82) is 0 Å². The molecule has 2 aromatic rings. The number of nitrogens with one attached hydrogen (secondary N) is 1. The van der Waals surface area contributed by atoms with Crippen LogP contribution in [0.5, 0.6) is 5.75 Å². The van der Waals surface area contributed by atoms with Crippen LogP contribution in [0.1, 0.15) is 20.3 Å². The SMILES string of the molecule is COc1ccc2nc(NCC3CCN(C(C)C)C3)sc2c1. The maximum Gasteiger partial charge on any atom is 0.183 e. The Hall–Kier alpha value is -1.33. The van der Waals surface area contributed by atoms with Gasteiger partial charge in [-0.05, 0) is 50.9 Å². The number of methoxy groups -OCH3 is 1. The van der Waals surface area contributed by atoms with E-state index in [0.29, 0.717) is 6.04 Å². The molecule has 3 rings (SSSR count). The lowest BCUT2D eigenvalue weighted by Gasteiger charge is -2.20. The van der Waals surface area contributed by atoms with Gasteiger partial charge < -0.3 is 15.0 Å². The quantitative estimate of drug-likeness (QED) is 0.918. The summed E-state index contributed by atoms with van der Waals surface area (Å²) in [6, 6.07) is 6.69. The van der Waals surface area contributed by atoms with Crippen LogP contribution in [-0.2, 0) is 0 Å². The van der Waals surface area contributed by atoms with E-state index < -0.39 is 0 Å². The summed E-state index contributed by atoms with van der Waals surface area (Å²) in [6.07, 6.45) is 1.28. The summed E-state index contributed by atoms with van der Waals surface area (Å²) in [5.41, 5.74) is 1.04. The van der Waals surface area contributed by atoms with Crippen LogP contribution in [0.15, 0.2) is 18.2 Å². The van der Waals surface area contributed by atoms with E-state index >= 15 is 0 Å². The third kappa shape index (κ3) is 3.30. The molecule has 21 heavy (non-hydrogen) atoms. The first-order valence-corrected chi connectivity index (χ1v) is 8.40. The zero-order valence-corrected chi connectivity index (χ0v) is 13.7. The standard InChI is InChI=1S/C16H23N3OS/c1-11(2)19-7-6-12(10-19)9-17-16-18-14-5-4-13(20-3)8-15(14)21-16/h4-5,8,11-12H,6-7,9-10H2,1-3H3,(H,17,18). The number of fused-ring (bicyclic) bond motifs is 1. The fourth-order valence-corrected chi connectivity index (χ4v) is 3.74. The van der Waals surface area contributed by atoms with E-state index in [1.165, 1.54) is 24.2 Å². The second-order valence-electron chi connectivity index (χ2n) is 5.98. The zero-order chi connectivity index (χ0) is 14.8. The molecule has 5 heteroatoms. The van der Waals surface area contributed by atoms with Crippen molar-refractivity contribution in [1.82, 2.24) is 9.88 Å². The highest BCUT2D eigenvalue weighted by Gasteiger charge is 2.24. The number of hydrogen-bond acceptors (Lipinski definition) is 5. The molecule has 2 heterocycles.